The largest absolute Gasteiger partial charge is 0.411 e. The van der Waals surface area contributed by atoms with Crippen molar-refractivity contribution < 1.29 is 8.81 Å². The zero-order chi connectivity index (χ0) is 14.7. The third kappa shape index (κ3) is 3.40. The molecule has 0 radical (unpaired) electrons. The van der Waals surface area contributed by atoms with Gasteiger partial charge in [0.25, 0.3) is 5.22 Å². The zero-order valence-corrected chi connectivity index (χ0v) is 12.2. The molecule has 106 valence electrons. The van der Waals surface area contributed by atoms with Crippen molar-refractivity contribution in [1.82, 2.24) is 15.2 Å². The molecule has 0 N–H and O–H groups in total. The number of thioether (sulfide) groups is 1. The average Bonchev–Trinajstić information content (AvgIpc) is 2.96. The Labute approximate surface area is 129 Å². The Morgan fingerprint density at radius 2 is 1.95 bits per heavy atom. The molecule has 0 saturated carbocycles. The number of aromatic nitrogens is 3. The number of halogens is 2. The van der Waals surface area contributed by atoms with Crippen LogP contribution in [0.15, 0.2) is 52.4 Å². The second-order valence-corrected chi connectivity index (χ2v) is 5.50. The van der Waals surface area contributed by atoms with Crippen molar-refractivity contribution >= 4 is 23.4 Å². The summed E-state index contributed by atoms with van der Waals surface area (Å²) >= 11 is 6.98. The minimum Gasteiger partial charge on any atom is -0.411 e. The molecule has 0 fully saturated rings. The molecular weight excluding hydrogens is 313 g/mol. The maximum atomic E-state index is 13.7. The average molecular weight is 322 g/mol. The minimum absolute atomic E-state index is 0.344. The molecule has 21 heavy (non-hydrogen) atoms. The maximum Gasteiger partial charge on any atom is 0.277 e. The van der Waals surface area contributed by atoms with Gasteiger partial charge in [0.05, 0.1) is 0 Å². The number of nitrogens with zero attached hydrogens (tertiary/aromatic N) is 3. The number of hydrogen-bond acceptors (Lipinski definition) is 5. The number of hydrogen-bond donors (Lipinski definition) is 0. The van der Waals surface area contributed by atoms with Crippen LogP contribution in [0.1, 0.15) is 5.56 Å². The Kier molecular flexibility index (Phi) is 4.17. The van der Waals surface area contributed by atoms with Crippen LogP contribution < -0.4 is 0 Å². The highest BCUT2D eigenvalue weighted by Gasteiger charge is 2.10. The molecule has 0 aliphatic carbocycles. The minimum atomic E-state index is -0.344. The van der Waals surface area contributed by atoms with Crippen LogP contribution in [-0.4, -0.2) is 15.2 Å². The van der Waals surface area contributed by atoms with Gasteiger partial charge in [0, 0.05) is 28.7 Å². The van der Waals surface area contributed by atoms with E-state index in [4.69, 9.17) is 16.0 Å². The van der Waals surface area contributed by atoms with Gasteiger partial charge in [-0.2, -0.15) is 0 Å². The normalized spacial score (nSPS) is 10.8. The standard InChI is InChI=1S/C14H9ClFN3OS/c15-11-2-1-10(12(16)7-11)8-21-14-19-18-13(20-14)9-3-5-17-6-4-9/h1-7H,8H2. The molecule has 0 aliphatic rings. The zero-order valence-electron chi connectivity index (χ0n) is 10.7. The predicted molar refractivity (Wildman–Crippen MR) is 78.5 cm³/mol. The van der Waals surface area contributed by atoms with Crippen molar-refractivity contribution in [3.8, 4) is 11.5 Å². The fraction of sp³-hybridized carbons (Fsp3) is 0.0714. The molecule has 0 amide bonds. The van der Waals surface area contributed by atoms with Gasteiger partial charge in [0.15, 0.2) is 0 Å². The highest BCUT2D eigenvalue weighted by atomic mass is 35.5. The quantitative estimate of drug-likeness (QED) is 0.673. The van der Waals surface area contributed by atoms with E-state index in [-0.39, 0.29) is 5.82 Å². The molecule has 4 nitrogen and oxygen atoms in total. The van der Waals surface area contributed by atoms with E-state index in [0.717, 1.165) is 5.56 Å². The fourth-order valence-corrected chi connectivity index (χ4v) is 2.57. The van der Waals surface area contributed by atoms with Gasteiger partial charge in [-0.05, 0) is 29.8 Å². The van der Waals surface area contributed by atoms with Crippen molar-refractivity contribution in [2.24, 2.45) is 0 Å². The van der Waals surface area contributed by atoms with E-state index in [1.54, 1.807) is 36.7 Å². The van der Waals surface area contributed by atoms with Crippen molar-refractivity contribution in [1.29, 1.82) is 0 Å². The first kappa shape index (κ1) is 14.0. The number of rotatable bonds is 4. The summed E-state index contributed by atoms with van der Waals surface area (Å²) in [4.78, 5) is 3.92. The summed E-state index contributed by atoms with van der Waals surface area (Å²) in [6.45, 7) is 0. The van der Waals surface area contributed by atoms with E-state index in [0.29, 0.717) is 27.5 Å². The first-order valence-corrected chi connectivity index (χ1v) is 7.39. The van der Waals surface area contributed by atoms with Crippen LogP contribution in [-0.2, 0) is 5.75 Å². The van der Waals surface area contributed by atoms with Gasteiger partial charge in [-0.3, -0.25) is 4.98 Å². The van der Waals surface area contributed by atoms with Gasteiger partial charge in [0.1, 0.15) is 5.82 Å². The molecule has 0 spiro atoms. The van der Waals surface area contributed by atoms with E-state index in [1.807, 2.05) is 0 Å². The number of pyridine rings is 1. The van der Waals surface area contributed by atoms with Gasteiger partial charge in [-0.1, -0.05) is 29.4 Å². The molecule has 2 aromatic heterocycles. The molecule has 3 rings (SSSR count). The Morgan fingerprint density at radius 1 is 1.14 bits per heavy atom. The molecule has 3 aromatic rings. The van der Waals surface area contributed by atoms with Crippen LogP contribution in [0.25, 0.3) is 11.5 Å². The monoisotopic (exact) mass is 321 g/mol. The molecule has 0 unspecified atom stereocenters. The first-order chi connectivity index (χ1) is 10.2. The molecular formula is C14H9ClFN3OS. The van der Waals surface area contributed by atoms with Gasteiger partial charge in [-0.15, -0.1) is 10.2 Å². The number of benzene rings is 1. The van der Waals surface area contributed by atoms with E-state index in [9.17, 15) is 4.39 Å². The van der Waals surface area contributed by atoms with Crippen molar-refractivity contribution in [3.63, 3.8) is 0 Å². The first-order valence-electron chi connectivity index (χ1n) is 6.03. The van der Waals surface area contributed by atoms with Crippen molar-refractivity contribution in [2.75, 3.05) is 0 Å². The molecule has 7 heteroatoms. The Hall–Kier alpha value is -1.92. The lowest BCUT2D eigenvalue weighted by atomic mass is 10.2. The van der Waals surface area contributed by atoms with E-state index in [1.165, 1.54) is 17.8 Å². The summed E-state index contributed by atoms with van der Waals surface area (Å²) in [5.41, 5.74) is 1.33. The smallest absolute Gasteiger partial charge is 0.277 e. The van der Waals surface area contributed by atoms with Crippen LogP contribution in [0.4, 0.5) is 4.39 Å². The third-order valence-corrected chi connectivity index (χ3v) is 3.80. The molecule has 0 bridgehead atoms. The highest BCUT2D eigenvalue weighted by Crippen LogP contribution is 2.27. The Bertz CT molecular complexity index is 751. The molecule has 0 saturated heterocycles. The summed E-state index contributed by atoms with van der Waals surface area (Å²) < 4.78 is 19.2. The Balaban J connectivity index is 1.70. The van der Waals surface area contributed by atoms with Gasteiger partial charge < -0.3 is 4.42 Å². The van der Waals surface area contributed by atoms with Crippen molar-refractivity contribution in [2.45, 2.75) is 11.0 Å². The molecule has 1 aromatic carbocycles. The molecule has 0 aliphatic heterocycles. The predicted octanol–water partition coefficient (Wildman–Crippen LogP) is 4.22. The van der Waals surface area contributed by atoms with Gasteiger partial charge in [0.2, 0.25) is 5.89 Å². The maximum absolute atomic E-state index is 13.7. The van der Waals surface area contributed by atoms with Crippen LogP contribution >= 0.6 is 23.4 Å². The highest BCUT2D eigenvalue weighted by molar-refractivity contribution is 7.98. The van der Waals surface area contributed by atoms with Crippen LogP contribution in [0.5, 0.6) is 0 Å². The lowest BCUT2D eigenvalue weighted by Crippen LogP contribution is -1.87. The summed E-state index contributed by atoms with van der Waals surface area (Å²) in [6, 6.07) is 8.14. The van der Waals surface area contributed by atoms with Crippen molar-refractivity contribution in [3.05, 3.63) is 59.1 Å². The summed E-state index contributed by atoms with van der Waals surface area (Å²) in [7, 11) is 0. The lowest BCUT2D eigenvalue weighted by Gasteiger charge is -2.00. The second kappa shape index (κ2) is 6.24. The third-order valence-electron chi connectivity index (χ3n) is 2.70. The van der Waals surface area contributed by atoms with Gasteiger partial charge >= 0.3 is 0 Å². The fourth-order valence-electron chi connectivity index (χ4n) is 1.66. The van der Waals surface area contributed by atoms with E-state index in [2.05, 4.69) is 15.2 Å². The van der Waals surface area contributed by atoms with Gasteiger partial charge in [-0.25, -0.2) is 4.39 Å². The van der Waals surface area contributed by atoms with Crippen LogP contribution in [0, 0.1) is 5.82 Å². The molecule has 0 atom stereocenters. The van der Waals surface area contributed by atoms with E-state index >= 15 is 0 Å². The summed E-state index contributed by atoms with van der Waals surface area (Å²) in [5, 5.41) is 8.65. The summed E-state index contributed by atoms with van der Waals surface area (Å²) in [5.74, 6) is 0.460. The van der Waals surface area contributed by atoms with Crippen LogP contribution in [0.2, 0.25) is 5.02 Å². The second-order valence-electron chi connectivity index (χ2n) is 4.13. The SMILES string of the molecule is Fc1cc(Cl)ccc1CSc1nnc(-c2ccncc2)o1. The lowest BCUT2D eigenvalue weighted by molar-refractivity contribution is 0.465. The topological polar surface area (TPSA) is 51.8 Å². The summed E-state index contributed by atoms with van der Waals surface area (Å²) in [6.07, 6.45) is 3.30. The van der Waals surface area contributed by atoms with Crippen LogP contribution in [0.3, 0.4) is 0 Å². The Morgan fingerprint density at radius 3 is 2.71 bits per heavy atom. The molecule has 2 heterocycles. The van der Waals surface area contributed by atoms with E-state index < -0.39 is 0 Å².